The lowest BCUT2D eigenvalue weighted by atomic mass is 9.45. The van der Waals surface area contributed by atoms with E-state index in [0.717, 1.165) is 49.3 Å². The highest BCUT2D eigenvalue weighted by Crippen LogP contribution is 2.62. The first kappa shape index (κ1) is 11.7. The topological polar surface area (TPSA) is 35.2 Å². The highest BCUT2D eigenvalue weighted by molar-refractivity contribution is 5.05. The van der Waals surface area contributed by atoms with E-state index >= 15 is 0 Å². The van der Waals surface area contributed by atoms with Gasteiger partial charge in [-0.05, 0) is 86.5 Å². The normalized spacial score (nSPS) is 49.5. The fourth-order valence-electron chi connectivity index (χ4n) is 6.38. The molecule has 0 radical (unpaired) electrons. The number of hydrogen-bond donors (Lipinski definition) is 1. The molecule has 5 rings (SSSR count). The molecule has 5 aliphatic rings. The summed E-state index contributed by atoms with van der Waals surface area (Å²) in [5.74, 6) is 5.14. The minimum absolute atomic E-state index is 0.445. The molecule has 5 fully saturated rings. The van der Waals surface area contributed by atoms with Crippen LogP contribution in [0.1, 0.15) is 44.9 Å². The van der Waals surface area contributed by atoms with E-state index in [1.165, 1.54) is 38.5 Å². The molecule has 0 aromatic heterocycles. The van der Waals surface area contributed by atoms with Gasteiger partial charge in [0.15, 0.2) is 0 Å². The molecule has 4 bridgehead atoms. The molecule has 1 aliphatic heterocycles. The number of nitrogens with two attached hydrogens (primary N) is 1. The Bertz CT molecular complexity index is 293. The summed E-state index contributed by atoms with van der Waals surface area (Å²) in [6.07, 6.45) is 10.1. The standard InChI is InChI=1S/C16H27NO/c17-10-16(1-3-18-4-2-16)15-13-6-11-5-12(8-13)9-14(15)7-11/h11-15H,1-10,17H2. The van der Waals surface area contributed by atoms with Crippen molar-refractivity contribution in [2.24, 2.45) is 40.7 Å². The maximum absolute atomic E-state index is 6.26. The van der Waals surface area contributed by atoms with Gasteiger partial charge in [0.05, 0.1) is 0 Å². The van der Waals surface area contributed by atoms with Crippen molar-refractivity contribution in [1.29, 1.82) is 0 Å². The SMILES string of the molecule is NCC1(C2C3CC4CC(C3)CC2C4)CCOCC1. The van der Waals surface area contributed by atoms with Gasteiger partial charge >= 0.3 is 0 Å². The molecular weight excluding hydrogens is 222 g/mol. The van der Waals surface area contributed by atoms with Gasteiger partial charge in [0, 0.05) is 13.2 Å². The van der Waals surface area contributed by atoms with E-state index in [4.69, 9.17) is 10.5 Å². The largest absolute Gasteiger partial charge is 0.381 e. The predicted molar refractivity (Wildman–Crippen MR) is 72.1 cm³/mol. The molecule has 0 atom stereocenters. The smallest absolute Gasteiger partial charge is 0.0471 e. The molecule has 1 saturated heterocycles. The van der Waals surface area contributed by atoms with E-state index in [2.05, 4.69) is 0 Å². The zero-order valence-corrected chi connectivity index (χ0v) is 11.4. The van der Waals surface area contributed by atoms with Crippen LogP contribution in [0, 0.1) is 35.0 Å². The van der Waals surface area contributed by atoms with Crippen LogP contribution in [-0.2, 0) is 4.74 Å². The van der Waals surface area contributed by atoms with Crippen molar-refractivity contribution in [3.8, 4) is 0 Å². The van der Waals surface area contributed by atoms with Crippen molar-refractivity contribution in [3.05, 3.63) is 0 Å². The minimum atomic E-state index is 0.445. The molecule has 2 heteroatoms. The molecule has 0 aromatic rings. The van der Waals surface area contributed by atoms with Gasteiger partial charge in [0.25, 0.3) is 0 Å². The van der Waals surface area contributed by atoms with Gasteiger partial charge in [0.2, 0.25) is 0 Å². The van der Waals surface area contributed by atoms with Crippen LogP contribution in [0.2, 0.25) is 0 Å². The Kier molecular flexibility index (Phi) is 2.74. The summed E-state index contributed by atoms with van der Waals surface area (Å²) < 4.78 is 5.61. The molecule has 2 nitrogen and oxygen atoms in total. The van der Waals surface area contributed by atoms with E-state index in [0.29, 0.717) is 5.41 Å². The van der Waals surface area contributed by atoms with Crippen LogP contribution in [0.15, 0.2) is 0 Å². The maximum Gasteiger partial charge on any atom is 0.0471 e. The monoisotopic (exact) mass is 249 g/mol. The molecule has 18 heavy (non-hydrogen) atoms. The maximum atomic E-state index is 6.26. The van der Waals surface area contributed by atoms with Crippen LogP contribution in [0.4, 0.5) is 0 Å². The Morgan fingerprint density at radius 1 is 0.889 bits per heavy atom. The third-order valence-corrected chi connectivity index (χ3v) is 6.83. The van der Waals surface area contributed by atoms with Gasteiger partial charge in [-0.3, -0.25) is 0 Å². The molecule has 0 spiro atoms. The predicted octanol–water partition coefficient (Wildman–Crippen LogP) is 2.81. The van der Waals surface area contributed by atoms with Gasteiger partial charge < -0.3 is 10.5 Å². The van der Waals surface area contributed by atoms with E-state index in [1.54, 1.807) is 6.42 Å². The summed E-state index contributed by atoms with van der Waals surface area (Å²) in [5, 5.41) is 0. The molecule has 102 valence electrons. The van der Waals surface area contributed by atoms with E-state index < -0.39 is 0 Å². The molecular formula is C16H27NO. The second-order valence-corrected chi connectivity index (χ2v) is 7.64. The molecule has 4 aliphatic carbocycles. The van der Waals surface area contributed by atoms with Crippen LogP contribution in [0.5, 0.6) is 0 Å². The molecule has 0 unspecified atom stereocenters. The molecule has 0 aromatic carbocycles. The second kappa shape index (κ2) is 4.21. The summed E-state index contributed by atoms with van der Waals surface area (Å²) in [6, 6.07) is 0. The van der Waals surface area contributed by atoms with Gasteiger partial charge in [0.1, 0.15) is 0 Å². The average Bonchev–Trinajstić information content (AvgIpc) is 2.38. The van der Waals surface area contributed by atoms with E-state index in [-0.39, 0.29) is 0 Å². The highest BCUT2D eigenvalue weighted by Gasteiger charge is 2.55. The van der Waals surface area contributed by atoms with Crippen LogP contribution in [0.25, 0.3) is 0 Å². The zero-order valence-electron chi connectivity index (χ0n) is 11.4. The van der Waals surface area contributed by atoms with Gasteiger partial charge in [-0.2, -0.15) is 0 Å². The van der Waals surface area contributed by atoms with Crippen molar-refractivity contribution in [2.45, 2.75) is 44.9 Å². The molecule has 0 amide bonds. The lowest BCUT2D eigenvalue weighted by Gasteiger charge is -2.60. The quantitative estimate of drug-likeness (QED) is 0.817. The Morgan fingerprint density at radius 2 is 1.44 bits per heavy atom. The Hall–Kier alpha value is -0.0800. The van der Waals surface area contributed by atoms with Crippen LogP contribution >= 0.6 is 0 Å². The molecule has 2 N–H and O–H groups in total. The van der Waals surface area contributed by atoms with Gasteiger partial charge in [-0.25, -0.2) is 0 Å². The minimum Gasteiger partial charge on any atom is -0.381 e. The Balaban J connectivity index is 1.63. The third-order valence-electron chi connectivity index (χ3n) is 6.83. The van der Waals surface area contributed by atoms with Crippen molar-refractivity contribution < 1.29 is 4.74 Å². The fourth-order valence-corrected chi connectivity index (χ4v) is 6.38. The first-order valence-electron chi connectivity index (χ1n) is 8.08. The average molecular weight is 249 g/mol. The lowest BCUT2D eigenvalue weighted by molar-refractivity contribution is -0.125. The number of hydrogen-bond acceptors (Lipinski definition) is 2. The summed E-state index contributed by atoms with van der Waals surface area (Å²) in [4.78, 5) is 0. The number of ether oxygens (including phenoxy) is 1. The first-order valence-corrected chi connectivity index (χ1v) is 8.08. The van der Waals surface area contributed by atoms with E-state index in [1.807, 2.05) is 0 Å². The summed E-state index contributed by atoms with van der Waals surface area (Å²) >= 11 is 0. The molecule has 1 heterocycles. The summed E-state index contributed by atoms with van der Waals surface area (Å²) in [5.41, 5.74) is 6.71. The fraction of sp³-hybridized carbons (Fsp3) is 1.00. The summed E-state index contributed by atoms with van der Waals surface area (Å²) in [6.45, 7) is 2.82. The first-order chi connectivity index (χ1) is 8.81. The van der Waals surface area contributed by atoms with Crippen LogP contribution < -0.4 is 5.73 Å². The Morgan fingerprint density at radius 3 is 1.94 bits per heavy atom. The summed E-state index contributed by atoms with van der Waals surface area (Å²) in [7, 11) is 0. The lowest BCUT2D eigenvalue weighted by Crippen LogP contribution is -2.55. The zero-order chi connectivity index (χ0) is 12.2. The van der Waals surface area contributed by atoms with Crippen molar-refractivity contribution in [2.75, 3.05) is 19.8 Å². The van der Waals surface area contributed by atoms with Gasteiger partial charge in [-0.15, -0.1) is 0 Å². The van der Waals surface area contributed by atoms with E-state index in [9.17, 15) is 0 Å². The van der Waals surface area contributed by atoms with Crippen LogP contribution in [-0.4, -0.2) is 19.8 Å². The van der Waals surface area contributed by atoms with Crippen molar-refractivity contribution in [3.63, 3.8) is 0 Å². The third kappa shape index (κ3) is 1.61. The Labute approximate surface area is 111 Å². The number of rotatable bonds is 2. The van der Waals surface area contributed by atoms with Crippen molar-refractivity contribution in [1.82, 2.24) is 0 Å². The molecule has 4 saturated carbocycles. The van der Waals surface area contributed by atoms with Gasteiger partial charge in [-0.1, -0.05) is 0 Å². The van der Waals surface area contributed by atoms with Crippen LogP contribution in [0.3, 0.4) is 0 Å². The second-order valence-electron chi connectivity index (χ2n) is 7.64. The van der Waals surface area contributed by atoms with Crippen molar-refractivity contribution >= 4 is 0 Å². The highest BCUT2D eigenvalue weighted by atomic mass is 16.5.